The van der Waals surface area contributed by atoms with Gasteiger partial charge in [-0.15, -0.1) is 0 Å². The predicted octanol–water partition coefficient (Wildman–Crippen LogP) is 3.92. The Balaban J connectivity index is 1.69. The molecule has 1 aliphatic heterocycles. The zero-order chi connectivity index (χ0) is 16.2. The van der Waals surface area contributed by atoms with Gasteiger partial charge >= 0.3 is 0 Å². The molecule has 0 radical (unpaired) electrons. The molecule has 0 bridgehead atoms. The third-order valence-electron chi connectivity index (χ3n) is 4.51. The van der Waals surface area contributed by atoms with Gasteiger partial charge in [-0.05, 0) is 55.0 Å². The van der Waals surface area contributed by atoms with E-state index in [4.69, 9.17) is 4.74 Å². The topological polar surface area (TPSA) is 29.5 Å². The summed E-state index contributed by atoms with van der Waals surface area (Å²) in [5, 5.41) is 0. The van der Waals surface area contributed by atoms with Crippen molar-refractivity contribution in [2.24, 2.45) is 0 Å². The molecule has 0 atom stereocenters. The smallest absolute Gasteiger partial charge is 0.227 e. The Morgan fingerprint density at radius 3 is 2.70 bits per heavy atom. The van der Waals surface area contributed by atoms with Crippen LogP contribution in [0.4, 0.5) is 5.69 Å². The minimum absolute atomic E-state index is 0.219. The number of amides is 1. The maximum Gasteiger partial charge on any atom is 0.227 e. The second kappa shape index (κ2) is 6.86. The molecule has 23 heavy (non-hydrogen) atoms. The molecule has 2 aromatic carbocycles. The number of benzene rings is 2. The van der Waals surface area contributed by atoms with E-state index in [0.29, 0.717) is 6.42 Å². The van der Waals surface area contributed by atoms with Gasteiger partial charge in [-0.3, -0.25) is 4.79 Å². The first-order valence-electron chi connectivity index (χ1n) is 8.21. The summed E-state index contributed by atoms with van der Waals surface area (Å²) in [4.78, 5) is 14.7. The van der Waals surface area contributed by atoms with Crippen LogP contribution in [0, 0.1) is 6.92 Å². The number of para-hydroxylation sites is 1. The zero-order valence-electron chi connectivity index (χ0n) is 13.8. The van der Waals surface area contributed by atoms with Crippen molar-refractivity contribution in [3.05, 3.63) is 59.2 Å². The van der Waals surface area contributed by atoms with Crippen molar-refractivity contribution in [2.75, 3.05) is 18.6 Å². The van der Waals surface area contributed by atoms with E-state index in [2.05, 4.69) is 25.1 Å². The van der Waals surface area contributed by atoms with E-state index in [1.807, 2.05) is 29.2 Å². The van der Waals surface area contributed by atoms with Gasteiger partial charge in [0.1, 0.15) is 5.75 Å². The number of methoxy groups -OCH3 is 1. The molecule has 3 rings (SSSR count). The van der Waals surface area contributed by atoms with Crippen LogP contribution in [0.3, 0.4) is 0 Å². The lowest BCUT2D eigenvalue weighted by Crippen LogP contribution is -2.36. The van der Waals surface area contributed by atoms with E-state index in [1.165, 1.54) is 16.7 Å². The maximum atomic E-state index is 12.7. The molecule has 0 saturated carbocycles. The minimum atomic E-state index is 0.219. The van der Waals surface area contributed by atoms with Crippen molar-refractivity contribution in [2.45, 2.75) is 32.6 Å². The number of rotatable bonds is 4. The lowest BCUT2D eigenvalue weighted by molar-refractivity contribution is -0.118. The predicted molar refractivity (Wildman–Crippen MR) is 93.2 cm³/mol. The molecule has 0 unspecified atom stereocenters. The molecule has 0 saturated heterocycles. The molecule has 1 aliphatic rings. The maximum absolute atomic E-state index is 12.7. The fourth-order valence-corrected chi connectivity index (χ4v) is 3.27. The van der Waals surface area contributed by atoms with Crippen molar-refractivity contribution in [3.63, 3.8) is 0 Å². The summed E-state index contributed by atoms with van der Waals surface area (Å²) in [6.07, 6.45) is 3.42. The van der Waals surface area contributed by atoms with Crippen LogP contribution in [0.1, 0.15) is 29.5 Å². The molecule has 0 spiro atoms. The fourth-order valence-electron chi connectivity index (χ4n) is 3.27. The third kappa shape index (κ3) is 3.39. The highest BCUT2D eigenvalue weighted by molar-refractivity contribution is 5.95. The summed E-state index contributed by atoms with van der Waals surface area (Å²) >= 11 is 0. The number of carbonyl (C=O) groups is 1. The molecule has 0 fully saturated rings. The van der Waals surface area contributed by atoms with Crippen molar-refractivity contribution in [1.82, 2.24) is 0 Å². The van der Waals surface area contributed by atoms with E-state index < -0.39 is 0 Å². The summed E-state index contributed by atoms with van der Waals surface area (Å²) in [6, 6.07) is 14.3. The third-order valence-corrected chi connectivity index (χ3v) is 4.51. The van der Waals surface area contributed by atoms with Gasteiger partial charge < -0.3 is 9.64 Å². The van der Waals surface area contributed by atoms with E-state index in [9.17, 15) is 4.79 Å². The Morgan fingerprint density at radius 1 is 1.17 bits per heavy atom. The SMILES string of the molecule is COc1ccc(CCC(=O)N2CCCc3cccc(C)c32)cc1. The number of fused-ring (bicyclic) bond motifs is 1. The van der Waals surface area contributed by atoms with Gasteiger partial charge in [-0.2, -0.15) is 0 Å². The largest absolute Gasteiger partial charge is 0.497 e. The van der Waals surface area contributed by atoms with E-state index in [-0.39, 0.29) is 5.91 Å². The number of ether oxygens (including phenoxy) is 1. The zero-order valence-corrected chi connectivity index (χ0v) is 13.8. The number of aryl methyl sites for hydroxylation is 3. The summed E-state index contributed by atoms with van der Waals surface area (Å²) in [5.74, 6) is 1.07. The molecular formula is C20H23NO2. The van der Waals surface area contributed by atoms with Crippen LogP contribution in [0.15, 0.2) is 42.5 Å². The van der Waals surface area contributed by atoms with Crippen LogP contribution < -0.4 is 9.64 Å². The van der Waals surface area contributed by atoms with Gasteiger partial charge in [0.05, 0.1) is 7.11 Å². The first-order chi connectivity index (χ1) is 11.2. The molecule has 1 heterocycles. The van der Waals surface area contributed by atoms with Gasteiger partial charge in [-0.1, -0.05) is 30.3 Å². The lowest BCUT2D eigenvalue weighted by atomic mass is 9.97. The van der Waals surface area contributed by atoms with Crippen LogP contribution >= 0.6 is 0 Å². The van der Waals surface area contributed by atoms with Crippen LogP contribution in [0.2, 0.25) is 0 Å². The second-order valence-corrected chi connectivity index (χ2v) is 6.08. The van der Waals surface area contributed by atoms with Crippen LogP contribution in [0.5, 0.6) is 5.75 Å². The molecule has 120 valence electrons. The number of anilines is 1. The van der Waals surface area contributed by atoms with Crippen molar-refractivity contribution < 1.29 is 9.53 Å². The van der Waals surface area contributed by atoms with Crippen molar-refractivity contribution in [3.8, 4) is 5.75 Å². The first-order valence-corrected chi connectivity index (χ1v) is 8.21. The monoisotopic (exact) mass is 309 g/mol. The number of nitrogens with zero attached hydrogens (tertiary/aromatic N) is 1. The second-order valence-electron chi connectivity index (χ2n) is 6.08. The Bertz CT molecular complexity index is 691. The van der Waals surface area contributed by atoms with Gasteiger partial charge in [0.2, 0.25) is 5.91 Å². The molecule has 2 aromatic rings. The van der Waals surface area contributed by atoms with Crippen molar-refractivity contribution in [1.29, 1.82) is 0 Å². The van der Waals surface area contributed by atoms with Gasteiger partial charge in [-0.25, -0.2) is 0 Å². The Morgan fingerprint density at radius 2 is 1.96 bits per heavy atom. The lowest BCUT2D eigenvalue weighted by Gasteiger charge is -2.31. The summed E-state index contributed by atoms with van der Waals surface area (Å²) < 4.78 is 5.17. The molecular weight excluding hydrogens is 286 g/mol. The highest BCUT2D eigenvalue weighted by Gasteiger charge is 2.23. The quantitative estimate of drug-likeness (QED) is 0.857. The summed E-state index contributed by atoms with van der Waals surface area (Å²) in [6.45, 7) is 2.92. The Labute approximate surface area is 137 Å². The Hall–Kier alpha value is -2.29. The standard InChI is InChI=1S/C20H23NO2/c1-15-5-3-6-17-7-4-14-21(20(15)17)19(22)13-10-16-8-11-18(23-2)12-9-16/h3,5-6,8-9,11-12H,4,7,10,13-14H2,1-2H3. The number of hydrogen-bond acceptors (Lipinski definition) is 2. The molecule has 1 amide bonds. The summed E-state index contributed by atoms with van der Waals surface area (Å²) in [7, 11) is 1.66. The normalized spacial score (nSPS) is 13.6. The first kappa shape index (κ1) is 15.6. The van der Waals surface area contributed by atoms with Crippen LogP contribution in [-0.2, 0) is 17.6 Å². The molecule has 0 aromatic heterocycles. The molecule has 0 N–H and O–H groups in total. The van der Waals surface area contributed by atoms with E-state index in [0.717, 1.165) is 37.2 Å². The Kier molecular flexibility index (Phi) is 4.65. The highest BCUT2D eigenvalue weighted by atomic mass is 16.5. The van der Waals surface area contributed by atoms with Gasteiger partial charge in [0.25, 0.3) is 0 Å². The van der Waals surface area contributed by atoms with Gasteiger partial charge in [0.15, 0.2) is 0 Å². The average molecular weight is 309 g/mol. The van der Waals surface area contributed by atoms with Gasteiger partial charge in [0, 0.05) is 18.7 Å². The summed E-state index contributed by atoms with van der Waals surface area (Å²) in [5.41, 5.74) is 4.80. The minimum Gasteiger partial charge on any atom is -0.497 e. The van der Waals surface area contributed by atoms with E-state index in [1.54, 1.807) is 7.11 Å². The average Bonchev–Trinajstić information content (AvgIpc) is 2.60. The molecule has 0 aliphatic carbocycles. The fraction of sp³-hybridized carbons (Fsp3) is 0.350. The van der Waals surface area contributed by atoms with E-state index >= 15 is 0 Å². The number of hydrogen-bond donors (Lipinski definition) is 0. The highest BCUT2D eigenvalue weighted by Crippen LogP contribution is 2.31. The molecule has 3 nitrogen and oxygen atoms in total. The molecule has 3 heteroatoms. The van der Waals surface area contributed by atoms with Crippen molar-refractivity contribution >= 4 is 11.6 Å². The van der Waals surface area contributed by atoms with Crippen LogP contribution in [0.25, 0.3) is 0 Å². The van der Waals surface area contributed by atoms with Crippen LogP contribution in [-0.4, -0.2) is 19.6 Å². The number of carbonyl (C=O) groups excluding carboxylic acids is 1.